The maximum atomic E-state index is 13.5. The maximum Gasteiger partial charge on any atom is 0.226 e. The van der Waals surface area contributed by atoms with E-state index in [0.717, 1.165) is 18.7 Å². The van der Waals surface area contributed by atoms with Gasteiger partial charge in [0.2, 0.25) is 5.91 Å². The Morgan fingerprint density at radius 3 is 2.78 bits per heavy atom. The van der Waals surface area contributed by atoms with Crippen LogP contribution in [0.15, 0.2) is 18.2 Å². The number of ether oxygens (including phenoxy) is 1. The molecule has 2 N–H and O–H groups in total. The Balaban J connectivity index is 2.01. The van der Waals surface area contributed by atoms with Crippen LogP contribution in [-0.4, -0.2) is 26.1 Å². The number of carbonyl (C=O) groups is 1. The first-order chi connectivity index (χ1) is 8.61. The summed E-state index contributed by atoms with van der Waals surface area (Å²) in [6.07, 6.45) is 0. The topological polar surface area (TPSA) is 50.4 Å². The molecule has 1 amide bonds. The number of halogens is 1. The highest BCUT2D eigenvalue weighted by atomic mass is 19.1. The fourth-order valence-corrected chi connectivity index (χ4v) is 1.84. The fraction of sp³-hybridized carbons (Fsp3) is 0.462. The average molecular weight is 252 g/mol. The Bertz CT molecular complexity index is 447. The van der Waals surface area contributed by atoms with Crippen molar-refractivity contribution in [3.63, 3.8) is 0 Å². The Morgan fingerprint density at radius 2 is 2.28 bits per heavy atom. The molecular formula is C13H17FN2O2. The smallest absolute Gasteiger partial charge is 0.226 e. The lowest BCUT2D eigenvalue weighted by atomic mass is 10.0. The quantitative estimate of drug-likeness (QED) is 0.847. The van der Waals surface area contributed by atoms with Gasteiger partial charge in [0, 0.05) is 13.1 Å². The summed E-state index contributed by atoms with van der Waals surface area (Å²) in [5.74, 6) is -0.157. The standard InChI is InChI=1S/C13H17FN2O2/c1-8(16-13(17)10-6-15-7-10)9-3-4-12(18-2)11(14)5-9/h3-5,8,10,15H,6-7H2,1-2H3,(H,16,17). The summed E-state index contributed by atoms with van der Waals surface area (Å²) < 4.78 is 18.4. The van der Waals surface area contributed by atoms with Gasteiger partial charge in [-0.15, -0.1) is 0 Å². The molecule has 0 bridgehead atoms. The average Bonchev–Trinajstić information content (AvgIpc) is 2.26. The van der Waals surface area contributed by atoms with Gasteiger partial charge in [0.1, 0.15) is 0 Å². The van der Waals surface area contributed by atoms with Crippen LogP contribution in [0.25, 0.3) is 0 Å². The van der Waals surface area contributed by atoms with E-state index < -0.39 is 5.82 Å². The van der Waals surface area contributed by atoms with Gasteiger partial charge < -0.3 is 15.4 Å². The predicted molar refractivity (Wildman–Crippen MR) is 65.9 cm³/mol. The van der Waals surface area contributed by atoms with E-state index in [4.69, 9.17) is 4.74 Å². The molecular weight excluding hydrogens is 235 g/mol. The highest BCUT2D eigenvalue weighted by Crippen LogP contribution is 2.22. The lowest BCUT2D eigenvalue weighted by Crippen LogP contribution is -2.51. The number of hydrogen-bond donors (Lipinski definition) is 2. The molecule has 1 unspecified atom stereocenters. The zero-order chi connectivity index (χ0) is 13.1. The molecule has 1 aromatic carbocycles. The Hall–Kier alpha value is -1.62. The summed E-state index contributed by atoms with van der Waals surface area (Å²) in [5, 5.41) is 5.92. The third-order valence-electron chi connectivity index (χ3n) is 3.19. The summed E-state index contributed by atoms with van der Waals surface area (Å²) in [6.45, 7) is 3.27. The van der Waals surface area contributed by atoms with Crippen molar-refractivity contribution in [3.8, 4) is 5.75 Å². The Labute approximate surface area is 106 Å². The van der Waals surface area contributed by atoms with Crippen molar-refractivity contribution in [2.45, 2.75) is 13.0 Å². The first kappa shape index (κ1) is 12.8. The van der Waals surface area contributed by atoms with E-state index >= 15 is 0 Å². The van der Waals surface area contributed by atoms with Gasteiger partial charge in [-0.3, -0.25) is 4.79 Å². The summed E-state index contributed by atoms with van der Waals surface area (Å²) in [4.78, 5) is 11.7. The van der Waals surface area contributed by atoms with Crippen molar-refractivity contribution in [2.75, 3.05) is 20.2 Å². The third kappa shape index (κ3) is 2.61. The second-order valence-corrected chi connectivity index (χ2v) is 4.48. The minimum absolute atomic E-state index is 0.0116. The van der Waals surface area contributed by atoms with E-state index in [1.807, 2.05) is 6.92 Å². The molecule has 5 heteroatoms. The summed E-state index contributed by atoms with van der Waals surface area (Å²) in [6, 6.07) is 4.51. The number of carbonyl (C=O) groups excluding carboxylic acids is 1. The first-order valence-electron chi connectivity index (χ1n) is 5.96. The van der Waals surface area contributed by atoms with Gasteiger partial charge in [0.05, 0.1) is 19.1 Å². The zero-order valence-electron chi connectivity index (χ0n) is 10.5. The van der Waals surface area contributed by atoms with Crippen molar-refractivity contribution in [1.29, 1.82) is 0 Å². The Kier molecular flexibility index (Phi) is 3.81. The van der Waals surface area contributed by atoms with Crippen molar-refractivity contribution >= 4 is 5.91 Å². The molecule has 2 rings (SSSR count). The fourth-order valence-electron chi connectivity index (χ4n) is 1.84. The first-order valence-corrected chi connectivity index (χ1v) is 5.96. The van der Waals surface area contributed by atoms with Crippen LogP contribution < -0.4 is 15.4 Å². The third-order valence-corrected chi connectivity index (χ3v) is 3.19. The number of benzene rings is 1. The number of amides is 1. The van der Waals surface area contributed by atoms with Crippen LogP contribution in [0.2, 0.25) is 0 Å². The Morgan fingerprint density at radius 1 is 1.56 bits per heavy atom. The van der Waals surface area contributed by atoms with Crippen molar-refractivity contribution in [1.82, 2.24) is 10.6 Å². The highest BCUT2D eigenvalue weighted by molar-refractivity contribution is 5.80. The van der Waals surface area contributed by atoms with Crippen LogP contribution in [0.3, 0.4) is 0 Å². The number of methoxy groups -OCH3 is 1. The minimum atomic E-state index is -0.415. The molecule has 98 valence electrons. The molecule has 1 aliphatic heterocycles. The molecule has 1 heterocycles. The van der Waals surface area contributed by atoms with Gasteiger partial charge in [-0.05, 0) is 24.6 Å². The van der Waals surface area contributed by atoms with E-state index in [2.05, 4.69) is 10.6 Å². The molecule has 0 radical (unpaired) electrons. The largest absolute Gasteiger partial charge is 0.494 e. The highest BCUT2D eigenvalue weighted by Gasteiger charge is 2.26. The number of hydrogen-bond acceptors (Lipinski definition) is 3. The van der Waals surface area contributed by atoms with Crippen LogP contribution in [0.4, 0.5) is 4.39 Å². The minimum Gasteiger partial charge on any atom is -0.494 e. The summed E-state index contributed by atoms with van der Waals surface area (Å²) in [7, 11) is 1.42. The zero-order valence-corrected chi connectivity index (χ0v) is 10.5. The van der Waals surface area contributed by atoms with Crippen LogP contribution in [-0.2, 0) is 4.79 Å². The van der Waals surface area contributed by atoms with Crippen LogP contribution in [0.5, 0.6) is 5.75 Å². The lowest BCUT2D eigenvalue weighted by Gasteiger charge is -2.27. The molecule has 1 saturated heterocycles. The molecule has 0 saturated carbocycles. The summed E-state index contributed by atoms with van der Waals surface area (Å²) in [5.41, 5.74) is 0.730. The molecule has 0 aliphatic carbocycles. The molecule has 1 aliphatic rings. The van der Waals surface area contributed by atoms with Crippen LogP contribution in [0, 0.1) is 11.7 Å². The molecule has 1 fully saturated rings. The van der Waals surface area contributed by atoms with E-state index in [0.29, 0.717) is 0 Å². The van der Waals surface area contributed by atoms with Crippen molar-refractivity contribution < 1.29 is 13.9 Å². The van der Waals surface area contributed by atoms with Crippen LogP contribution >= 0.6 is 0 Å². The second kappa shape index (κ2) is 5.35. The predicted octanol–water partition coefficient (Wildman–Crippen LogP) is 1.23. The molecule has 1 aromatic rings. The molecule has 0 spiro atoms. The maximum absolute atomic E-state index is 13.5. The summed E-state index contributed by atoms with van der Waals surface area (Å²) >= 11 is 0. The SMILES string of the molecule is COc1ccc(C(C)NC(=O)C2CNC2)cc1F. The van der Waals surface area contributed by atoms with Gasteiger partial charge >= 0.3 is 0 Å². The molecule has 4 nitrogen and oxygen atoms in total. The van der Waals surface area contributed by atoms with Gasteiger partial charge in [0.25, 0.3) is 0 Å². The normalized spacial score (nSPS) is 16.8. The van der Waals surface area contributed by atoms with Gasteiger partial charge in [-0.25, -0.2) is 4.39 Å². The lowest BCUT2D eigenvalue weighted by molar-refractivity contribution is -0.127. The van der Waals surface area contributed by atoms with E-state index in [-0.39, 0.29) is 23.6 Å². The van der Waals surface area contributed by atoms with Gasteiger partial charge in [-0.2, -0.15) is 0 Å². The van der Waals surface area contributed by atoms with Gasteiger partial charge in [-0.1, -0.05) is 6.07 Å². The van der Waals surface area contributed by atoms with E-state index in [1.54, 1.807) is 12.1 Å². The van der Waals surface area contributed by atoms with Crippen molar-refractivity contribution in [2.24, 2.45) is 5.92 Å². The van der Waals surface area contributed by atoms with Gasteiger partial charge in [0.15, 0.2) is 11.6 Å². The van der Waals surface area contributed by atoms with Crippen LogP contribution in [0.1, 0.15) is 18.5 Å². The number of nitrogens with one attached hydrogen (secondary N) is 2. The molecule has 1 atom stereocenters. The van der Waals surface area contributed by atoms with Crippen molar-refractivity contribution in [3.05, 3.63) is 29.6 Å². The second-order valence-electron chi connectivity index (χ2n) is 4.48. The molecule has 18 heavy (non-hydrogen) atoms. The monoisotopic (exact) mass is 252 g/mol. The molecule has 0 aromatic heterocycles. The van der Waals surface area contributed by atoms with E-state index in [9.17, 15) is 9.18 Å². The number of rotatable bonds is 4. The van der Waals surface area contributed by atoms with E-state index in [1.165, 1.54) is 13.2 Å².